The van der Waals surface area contributed by atoms with Gasteiger partial charge in [0.2, 0.25) is 0 Å². The Bertz CT molecular complexity index is 1420. The summed E-state index contributed by atoms with van der Waals surface area (Å²) in [4.78, 5) is 16.7. The van der Waals surface area contributed by atoms with Crippen molar-refractivity contribution in [2.24, 2.45) is 0 Å². The highest BCUT2D eigenvalue weighted by atomic mass is 16.6. The molecule has 1 amide bonds. The lowest BCUT2D eigenvalue weighted by atomic mass is 9.90. The number of hydrogen-bond acceptors (Lipinski definition) is 4. The van der Waals surface area contributed by atoms with E-state index in [1.807, 2.05) is 25.7 Å². The number of amides is 1. The van der Waals surface area contributed by atoms with E-state index in [-0.39, 0.29) is 6.09 Å². The Labute approximate surface area is 226 Å². The number of carbonyl (C=O) groups is 1. The van der Waals surface area contributed by atoms with Gasteiger partial charge in [0.15, 0.2) is 0 Å². The minimum absolute atomic E-state index is 0.208. The van der Waals surface area contributed by atoms with Gasteiger partial charge in [0.1, 0.15) is 5.60 Å². The van der Waals surface area contributed by atoms with Gasteiger partial charge < -0.3 is 14.5 Å². The second-order valence-electron chi connectivity index (χ2n) is 11.8. The molecule has 1 saturated heterocycles. The molecule has 1 aliphatic rings. The molecule has 0 unspecified atom stereocenters. The minimum atomic E-state index is -0.475. The summed E-state index contributed by atoms with van der Waals surface area (Å²) < 4.78 is 7.87. The second kappa shape index (κ2) is 10.8. The van der Waals surface area contributed by atoms with Gasteiger partial charge in [-0.3, -0.25) is 4.68 Å². The molecule has 200 valence electrons. The lowest BCUT2D eigenvalue weighted by Gasteiger charge is -2.33. The number of benzene rings is 3. The third-order valence-corrected chi connectivity index (χ3v) is 7.39. The van der Waals surface area contributed by atoms with Crippen molar-refractivity contribution in [1.82, 2.24) is 19.6 Å². The quantitative estimate of drug-likeness (QED) is 0.281. The Balaban J connectivity index is 1.46. The average molecular weight is 513 g/mol. The number of nitrogens with zero attached hydrogens (tertiary/aromatic N) is 4. The first-order valence-electron chi connectivity index (χ1n) is 13.8. The first-order chi connectivity index (χ1) is 18.2. The lowest BCUT2D eigenvalue weighted by molar-refractivity contribution is 0.0203. The Morgan fingerprint density at radius 3 is 2.47 bits per heavy atom. The molecule has 0 radical (unpaired) electrons. The van der Waals surface area contributed by atoms with Crippen LogP contribution in [0.3, 0.4) is 0 Å². The second-order valence-corrected chi connectivity index (χ2v) is 11.8. The molecule has 38 heavy (non-hydrogen) atoms. The van der Waals surface area contributed by atoms with Crippen LogP contribution in [0.15, 0.2) is 60.7 Å². The SMILES string of the molecule is CN(C)CCCn1nc2cc(-c3cccc4ccccc34)ccc2c1C1CCN(C(=O)OC(C)(C)C)CC1. The van der Waals surface area contributed by atoms with E-state index in [2.05, 4.69) is 84.3 Å². The molecule has 2 heterocycles. The van der Waals surface area contributed by atoms with Crippen molar-refractivity contribution in [1.29, 1.82) is 0 Å². The van der Waals surface area contributed by atoms with E-state index in [1.165, 1.54) is 33.0 Å². The van der Waals surface area contributed by atoms with Gasteiger partial charge >= 0.3 is 6.09 Å². The molecule has 4 aromatic rings. The summed E-state index contributed by atoms with van der Waals surface area (Å²) in [7, 11) is 4.23. The Hall–Kier alpha value is -3.38. The number of fused-ring (bicyclic) bond motifs is 2. The smallest absolute Gasteiger partial charge is 0.410 e. The standard InChI is InChI=1S/C32H40N4O2/c1-32(2,3)38-31(37)35-20-16-24(17-21-35)30-28-15-14-25(22-29(28)33-36(30)19-9-18-34(4)5)27-13-8-11-23-10-6-7-12-26(23)27/h6-8,10-15,22,24H,9,16-21H2,1-5H3. The molecule has 5 rings (SSSR count). The highest BCUT2D eigenvalue weighted by Crippen LogP contribution is 2.36. The van der Waals surface area contributed by atoms with Crippen molar-refractivity contribution in [2.45, 2.75) is 58.1 Å². The van der Waals surface area contributed by atoms with Crippen LogP contribution >= 0.6 is 0 Å². The molecular weight excluding hydrogens is 472 g/mol. The van der Waals surface area contributed by atoms with E-state index in [9.17, 15) is 4.79 Å². The molecule has 3 aromatic carbocycles. The fourth-order valence-corrected chi connectivity index (χ4v) is 5.60. The van der Waals surface area contributed by atoms with E-state index in [4.69, 9.17) is 9.84 Å². The van der Waals surface area contributed by atoms with Crippen LogP contribution in [-0.2, 0) is 11.3 Å². The monoisotopic (exact) mass is 512 g/mol. The number of ether oxygens (including phenoxy) is 1. The first kappa shape index (κ1) is 26.2. The lowest BCUT2D eigenvalue weighted by Crippen LogP contribution is -2.41. The van der Waals surface area contributed by atoms with Gasteiger partial charge in [-0.15, -0.1) is 0 Å². The zero-order valence-corrected chi connectivity index (χ0v) is 23.4. The molecule has 1 fully saturated rings. The molecule has 0 spiro atoms. The fourth-order valence-electron chi connectivity index (χ4n) is 5.60. The Kier molecular flexibility index (Phi) is 7.44. The van der Waals surface area contributed by atoms with Gasteiger partial charge in [0.25, 0.3) is 0 Å². The van der Waals surface area contributed by atoms with Crippen LogP contribution in [0, 0.1) is 0 Å². The number of rotatable bonds is 6. The van der Waals surface area contributed by atoms with Crippen molar-refractivity contribution in [3.63, 3.8) is 0 Å². The summed E-state index contributed by atoms with van der Waals surface area (Å²) in [6.07, 6.45) is 2.67. The number of hydrogen-bond donors (Lipinski definition) is 0. The zero-order chi connectivity index (χ0) is 26.9. The molecule has 6 heteroatoms. The molecule has 0 saturated carbocycles. The minimum Gasteiger partial charge on any atom is -0.444 e. The summed E-state index contributed by atoms with van der Waals surface area (Å²) in [6, 6.07) is 21.8. The first-order valence-corrected chi connectivity index (χ1v) is 13.8. The number of aromatic nitrogens is 2. The summed E-state index contributed by atoms with van der Waals surface area (Å²) in [5.74, 6) is 0.362. The molecule has 0 bridgehead atoms. The van der Waals surface area contributed by atoms with Gasteiger partial charge in [0, 0.05) is 36.6 Å². The molecule has 0 aliphatic carbocycles. The number of likely N-dealkylation sites (tertiary alicyclic amines) is 1. The zero-order valence-electron chi connectivity index (χ0n) is 23.4. The van der Waals surface area contributed by atoms with E-state index in [0.717, 1.165) is 37.9 Å². The van der Waals surface area contributed by atoms with Crippen LogP contribution in [0.4, 0.5) is 4.79 Å². The van der Waals surface area contributed by atoms with Crippen molar-refractivity contribution in [3.8, 4) is 11.1 Å². The van der Waals surface area contributed by atoms with Crippen molar-refractivity contribution < 1.29 is 9.53 Å². The van der Waals surface area contributed by atoms with Crippen molar-refractivity contribution in [3.05, 3.63) is 66.4 Å². The van der Waals surface area contributed by atoms with Gasteiger partial charge in [-0.1, -0.05) is 54.6 Å². The Morgan fingerprint density at radius 1 is 1.00 bits per heavy atom. The summed E-state index contributed by atoms with van der Waals surface area (Å²) in [5, 5.41) is 8.88. The number of carbonyl (C=O) groups excluding carboxylic acids is 1. The maximum Gasteiger partial charge on any atom is 0.410 e. The number of aryl methyl sites for hydroxylation is 1. The van der Waals surface area contributed by atoms with E-state index in [0.29, 0.717) is 19.0 Å². The van der Waals surface area contributed by atoms with Gasteiger partial charge in [0.05, 0.1) is 5.52 Å². The Morgan fingerprint density at radius 2 is 1.74 bits per heavy atom. The molecule has 0 atom stereocenters. The maximum absolute atomic E-state index is 12.6. The van der Waals surface area contributed by atoms with E-state index in [1.54, 1.807) is 0 Å². The summed E-state index contributed by atoms with van der Waals surface area (Å²) >= 11 is 0. The van der Waals surface area contributed by atoms with Gasteiger partial charge in [-0.05, 0) is 88.6 Å². The predicted octanol–water partition coefficient (Wildman–Crippen LogP) is 6.92. The predicted molar refractivity (Wildman–Crippen MR) is 156 cm³/mol. The highest BCUT2D eigenvalue weighted by molar-refractivity contribution is 5.98. The maximum atomic E-state index is 12.6. The molecular formula is C32H40N4O2. The van der Waals surface area contributed by atoms with Crippen molar-refractivity contribution >= 4 is 27.8 Å². The highest BCUT2D eigenvalue weighted by Gasteiger charge is 2.30. The summed E-state index contributed by atoms with van der Waals surface area (Å²) in [5.41, 5.74) is 4.31. The van der Waals surface area contributed by atoms with Crippen LogP contribution in [0.5, 0.6) is 0 Å². The normalized spacial score (nSPS) is 15.1. The van der Waals surface area contributed by atoms with Crippen LogP contribution in [0.1, 0.15) is 51.6 Å². The van der Waals surface area contributed by atoms with Gasteiger partial charge in [-0.2, -0.15) is 5.10 Å². The van der Waals surface area contributed by atoms with Gasteiger partial charge in [-0.25, -0.2) is 4.79 Å². The molecule has 0 N–H and O–H groups in total. The van der Waals surface area contributed by atoms with Crippen LogP contribution < -0.4 is 0 Å². The molecule has 1 aliphatic heterocycles. The topological polar surface area (TPSA) is 50.6 Å². The number of piperidine rings is 1. The van der Waals surface area contributed by atoms with E-state index < -0.39 is 5.60 Å². The van der Waals surface area contributed by atoms with Crippen LogP contribution in [0.25, 0.3) is 32.8 Å². The fraction of sp³-hybridized carbons (Fsp3) is 0.438. The summed E-state index contributed by atoms with van der Waals surface area (Å²) in [6.45, 7) is 9.08. The molecule has 6 nitrogen and oxygen atoms in total. The third-order valence-electron chi connectivity index (χ3n) is 7.39. The largest absolute Gasteiger partial charge is 0.444 e. The van der Waals surface area contributed by atoms with E-state index >= 15 is 0 Å². The van der Waals surface area contributed by atoms with Crippen LogP contribution in [-0.4, -0.2) is 65.0 Å². The van der Waals surface area contributed by atoms with Crippen molar-refractivity contribution in [2.75, 3.05) is 33.7 Å². The van der Waals surface area contributed by atoms with Crippen LogP contribution in [0.2, 0.25) is 0 Å². The third kappa shape index (κ3) is 5.70. The average Bonchev–Trinajstić information content (AvgIpc) is 3.24. The molecule has 1 aromatic heterocycles.